The minimum atomic E-state index is 1.22. The van der Waals surface area contributed by atoms with Crippen molar-refractivity contribution in [1.29, 1.82) is 0 Å². The Morgan fingerprint density at radius 1 is 0.385 bits per heavy atom. The van der Waals surface area contributed by atoms with Crippen LogP contribution < -0.4 is 4.57 Å². The van der Waals surface area contributed by atoms with Crippen LogP contribution in [0.2, 0.25) is 0 Å². The highest BCUT2D eigenvalue weighted by atomic mass is 14.9. The van der Waals surface area contributed by atoms with Crippen molar-refractivity contribution in [2.24, 2.45) is 0 Å². The Morgan fingerprint density at radius 3 is 1.10 bits per heavy atom. The molecule has 0 spiro atoms. The van der Waals surface area contributed by atoms with E-state index in [1.807, 2.05) is 0 Å². The van der Waals surface area contributed by atoms with Gasteiger partial charge in [0.05, 0.1) is 0 Å². The van der Waals surface area contributed by atoms with Gasteiger partial charge in [-0.15, -0.1) is 0 Å². The number of aryl methyl sites for hydroxylation is 2. The Hall–Kier alpha value is -0.850. The zero-order chi connectivity index (χ0) is 27.9. The first-order valence-electron chi connectivity index (χ1n) is 18.4. The number of hydrogen-bond acceptors (Lipinski definition) is 0. The molecule has 0 bridgehead atoms. The molecule has 1 rings (SSSR count). The highest BCUT2D eigenvalue weighted by molar-refractivity contribution is 4.97. The summed E-state index contributed by atoms with van der Waals surface area (Å²) < 4.78 is 2.55. The van der Waals surface area contributed by atoms with Gasteiger partial charge in [-0.25, -0.2) is 4.57 Å². The molecule has 0 aromatic carbocycles. The van der Waals surface area contributed by atoms with Gasteiger partial charge in [-0.05, 0) is 12.8 Å². The van der Waals surface area contributed by atoms with Gasteiger partial charge in [0, 0.05) is 25.0 Å². The first-order valence-corrected chi connectivity index (χ1v) is 18.4. The number of nitrogens with zero attached hydrogens (tertiary/aromatic N) is 1. The Kier molecular flexibility index (Phi) is 27.9. The van der Waals surface area contributed by atoms with Gasteiger partial charge in [-0.2, -0.15) is 0 Å². The van der Waals surface area contributed by atoms with Crippen LogP contribution in [-0.4, -0.2) is 0 Å². The van der Waals surface area contributed by atoms with Crippen LogP contribution in [0, 0.1) is 0 Å². The molecule has 0 fully saturated rings. The van der Waals surface area contributed by atoms with Gasteiger partial charge in [-0.3, -0.25) is 0 Å². The molecule has 228 valence electrons. The van der Waals surface area contributed by atoms with Gasteiger partial charge >= 0.3 is 0 Å². The van der Waals surface area contributed by atoms with Gasteiger partial charge in [-0.1, -0.05) is 187 Å². The van der Waals surface area contributed by atoms with Crippen molar-refractivity contribution in [3.8, 4) is 0 Å². The summed E-state index contributed by atoms with van der Waals surface area (Å²) >= 11 is 0. The van der Waals surface area contributed by atoms with Crippen molar-refractivity contribution in [3.63, 3.8) is 0 Å². The summed E-state index contributed by atoms with van der Waals surface area (Å²) in [6.07, 6.45) is 45.4. The molecule has 0 unspecified atom stereocenters. The summed E-state index contributed by atoms with van der Waals surface area (Å²) in [5.74, 6) is 0. The second-order valence-electron chi connectivity index (χ2n) is 12.7. The van der Waals surface area contributed by atoms with Crippen LogP contribution in [0.4, 0.5) is 0 Å². The quantitative estimate of drug-likeness (QED) is 0.0648. The lowest BCUT2D eigenvalue weighted by Crippen LogP contribution is -2.37. The highest BCUT2D eigenvalue weighted by Gasteiger charge is 2.09. The predicted octanol–water partition coefficient (Wildman–Crippen LogP) is 12.9. The van der Waals surface area contributed by atoms with E-state index in [2.05, 4.69) is 42.8 Å². The van der Waals surface area contributed by atoms with Crippen LogP contribution in [0.5, 0.6) is 0 Å². The fourth-order valence-electron chi connectivity index (χ4n) is 6.11. The van der Waals surface area contributed by atoms with E-state index in [0.29, 0.717) is 0 Å². The molecule has 0 saturated carbocycles. The number of hydrogen-bond donors (Lipinski definition) is 0. The maximum absolute atomic E-state index is 2.55. The smallest absolute Gasteiger partial charge is 0.181 e. The first kappa shape index (κ1) is 36.2. The Bertz CT molecular complexity index is 594. The third-order valence-electron chi connectivity index (χ3n) is 8.82. The summed E-state index contributed by atoms with van der Waals surface area (Å²) in [5.41, 5.74) is 1.56. The van der Waals surface area contributed by atoms with Crippen molar-refractivity contribution in [2.45, 2.75) is 213 Å². The SMILES string of the molecule is CCCCCCCCCCCCCCCCCC[n+]1ccccc1CCCCCCCCCCCCCCC. The third-order valence-corrected chi connectivity index (χ3v) is 8.82. The monoisotopic (exact) mass is 543 g/mol. The van der Waals surface area contributed by atoms with Crippen molar-refractivity contribution < 1.29 is 4.57 Å². The molecule has 0 amide bonds. The Morgan fingerprint density at radius 2 is 0.718 bits per heavy atom. The maximum Gasteiger partial charge on any atom is 0.181 e. The van der Waals surface area contributed by atoms with E-state index in [4.69, 9.17) is 0 Å². The van der Waals surface area contributed by atoms with E-state index in [1.165, 1.54) is 199 Å². The number of unbranched alkanes of at least 4 members (excludes halogenated alkanes) is 27. The van der Waals surface area contributed by atoms with Gasteiger partial charge in [0.1, 0.15) is 6.54 Å². The maximum atomic E-state index is 2.55. The molecule has 0 radical (unpaired) electrons. The lowest BCUT2D eigenvalue weighted by molar-refractivity contribution is -0.704. The number of pyridine rings is 1. The Balaban J connectivity index is 1.91. The van der Waals surface area contributed by atoms with Crippen LogP contribution >= 0.6 is 0 Å². The Labute approximate surface area is 247 Å². The zero-order valence-electron chi connectivity index (χ0n) is 27.2. The standard InChI is InChI=1S/C38H72N/c1-3-5-7-9-11-13-15-17-18-19-21-23-25-27-29-32-36-39-37-33-31-35-38(39)34-30-28-26-24-22-20-16-14-12-10-8-6-4-2/h31,33,35,37H,3-30,32,34,36H2,1-2H3/q+1. The lowest BCUT2D eigenvalue weighted by atomic mass is 10.0. The molecule has 39 heavy (non-hydrogen) atoms. The van der Waals surface area contributed by atoms with E-state index in [-0.39, 0.29) is 0 Å². The van der Waals surface area contributed by atoms with Crippen LogP contribution in [0.15, 0.2) is 24.4 Å². The second-order valence-corrected chi connectivity index (χ2v) is 12.7. The molecule has 1 heteroatoms. The topological polar surface area (TPSA) is 3.88 Å². The predicted molar refractivity (Wildman–Crippen MR) is 176 cm³/mol. The van der Waals surface area contributed by atoms with E-state index in [9.17, 15) is 0 Å². The summed E-state index contributed by atoms with van der Waals surface area (Å²) in [6.45, 7) is 5.83. The highest BCUT2D eigenvalue weighted by Crippen LogP contribution is 2.15. The van der Waals surface area contributed by atoms with E-state index in [0.717, 1.165) is 0 Å². The fraction of sp³-hybridized carbons (Fsp3) is 0.868. The van der Waals surface area contributed by atoms with Gasteiger partial charge < -0.3 is 0 Å². The van der Waals surface area contributed by atoms with Crippen LogP contribution in [0.1, 0.15) is 206 Å². The second kappa shape index (κ2) is 30.1. The molecule has 1 aromatic heterocycles. The van der Waals surface area contributed by atoms with Gasteiger partial charge in [0.2, 0.25) is 0 Å². The fourth-order valence-corrected chi connectivity index (χ4v) is 6.11. The van der Waals surface area contributed by atoms with E-state index < -0.39 is 0 Å². The number of rotatable bonds is 31. The molecule has 1 nitrogen and oxygen atoms in total. The average molecular weight is 543 g/mol. The molecule has 1 heterocycles. The van der Waals surface area contributed by atoms with Crippen molar-refractivity contribution in [1.82, 2.24) is 0 Å². The summed E-state index contributed by atoms with van der Waals surface area (Å²) in [7, 11) is 0. The molecule has 0 aliphatic carbocycles. The molecule has 0 N–H and O–H groups in total. The minimum absolute atomic E-state index is 1.22. The normalized spacial score (nSPS) is 11.4. The molecule has 0 saturated heterocycles. The summed E-state index contributed by atoms with van der Waals surface area (Å²) in [6, 6.07) is 6.83. The summed E-state index contributed by atoms with van der Waals surface area (Å²) in [5, 5.41) is 0. The van der Waals surface area contributed by atoms with Crippen molar-refractivity contribution >= 4 is 0 Å². The van der Waals surface area contributed by atoms with Gasteiger partial charge in [0.15, 0.2) is 11.9 Å². The summed E-state index contributed by atoms with van der Waals surface area (Å²) in [4.78, 5) is 0. The minimum Gasteiger partial charge on any atom is -0.202 e. The molecule has 1 aromatic rings. The van der Waals surface area contributed by atoms with E-state index >= 15 is 0 Å². The van der Waals surface area contributed by atoms with Crippen LogP contribution in [0.3, 0.4) is 0 Å². The molecular formula is C38H72N+. The largest absolute Gasteiger partial charge is 0.202 e. The van der Waals surface area contributed by atoms with Crippen molar-refractivity contribution in [2.75, 3.05) is 0 Å². The molecule has 0 aliphatic rings. The number of aromatic nitrogens is 1. The zero-order valence-corrected chi connectivity index (χ0v) is 27.2. The lowest BCUT2D eigenvalue weighted by Gasteiger charge is -2.06. The molecular weight excluding hydrogens is 470 g/mol. The first-order chi connectivity index (χ1) is 19.4. The molecule has 0 aliphatic heterocycles. The van der Waals surface area contributed by atoms with Gasteiger partial charge in [0.25, 0.3) is 0 Å². The van der Waals surface area contributed by atoms with Crippen LogP contribution in [-0.2, 0) is 13.0 Å². The van der Waals surface area contributed by atoms with Crippen molar-refractivity contribution in [3.05, 3.63) is 30.1 Å². The molecule has 0 atom stereocenters. The van der Waals surface area contributed by atoms with Crippen LogP contribution in [0.25, 0.3) is 0 Å². The van der Waals surface area contributed by atoms with E-state index in [1.54, 1.807) is 5.69 Å². The third kappa shape index (κ3) is 24.7. The average Bonchev–Trinajstić information content (AvgIpc) is 2.96.